The van der Waals surface area contributed by atoms with E-state index in [1.807, 2.05) is 0 Å². The molecule has 0 spiro atoms. The summed E-state index contributed by atoms with van der Waals surface area (Å²) in [6.45, 7) is 6.19. The second kappa shape index (κ2) is 12.4. The molecule has 200 valence electrons. The molecule has 2 aromatic rings. The normalized spacial score (nSPS) is 14.7. The average molecular weight is 537 g/mol. The maximum absolute atomic E-state index is 13.0. The van der Waals surface area contributed by atoms with E-state index in [1.54, 1.807) is 0 Å². The van der Waals surface area contributed by atoms with Crippen LogP contribution >= 0.6 is 0 Å². The standard InChI is InChI=1S/C21H19FN2O8S.C4H10/c1-12(20(28)23-13(10-19(26)27)16(25)11-22)32-21(29)24-14-6-2-4-8-17(14)33(30,31)18-9-5-3-7-15(18)24;1-4(2)3/h2-9,12-13H,10-11H2,1H3,(H,23,28)(H,26,27);4H,1-3H3. The highest BCUT2D eigenvalue weighted by Gasteiger charge is 2.38. The van der Waals surface area contributed by atoms with Gasteiger partial charge in [-0.2, -0.15) is 0 Å². The Hall–Kier alpha value is -3.80. The van der Waals surface area contributed by atoms with E-state index >= 15 is 0 Å². The number of nitrogens with one attached hydrogen (secondary N) is 1. The molecule has 0 radical (unpaired) electrons. The van der Waals surface area contributed by atoms with Gasteiger partial charge in [0.25, 0.3) is 5.91 Å². The van der Waals surface area contributed by atoms with Gasteiger partial charge in [0.1, 0.15) is 12.7 Å². The summed E-state index contributed by atoms with van der Waals surface area (Å²) in [6, 6.07) is 9.86. The first-order valence-electron chi connectivity index (χ1n) is 11.4. The number of benzene rings is 2. The molecule has 10 nitrogen and oxygen atoms in total. The lowest BCUT2D eigenvalue weighted by Crippen LogP contribution is -2.48. The first kappa shape index (κ1) is 29.4. The van der Waals surface area contributed by atoms with E-state index in [1.165, 1.54) is 55.5 Å². The van der Waals surface area contributed by atoms with Gasteiger partial charge >= 0.3 is 12.1 Å². The molecule has 1 aliphatic rings. The molecule has 0 aliphatic carbocycles. The zero-order valence-electron chi connectivity index (χ0n) is 20.8. The van der Waals surface area contributed by atoms with Crippen LogP contribution in [0, 0.1) is 5.92 Å². The van der Waals surface area contributed by atoms with Gasteiger partial charge < -0.3 is 15.2 Å². The van der Waals surface area contributed by atoms with Gasteiger partial charge in [-0.25, -0.2) is 22.5 Å². The minimum atomic E-state index is -3.91. The van der Waals surface area contributed by atoms with Gasteiger partial charge in [-0.3, -0.25) is 14.4 Å². The summed E-state index contributed by atoms with van der Waals surface area (Å²) in [5.74, 6) is -2.77. The Morgan fingerprint density at radius 3 is 1.84 bits per heavy atom. The molecule has 0 aromatic heterocycles. The summed E-state index contributed by atoms with van der Waals surface area (Å²) >= 11 is 0. The molecule has 2 aromatic carbocycles. The predicted octanol–water partition coefficient (Wildman–Crippen LogP) is 3.66. The molecule has 12 heteroatoms. The third-order valence-electron chi connectivity index (χ3n) is 4.84. The second-order valence-electron chi connectivity index (χ2n) is 8.79. The van der Waals surface area contributed by atoms with Gasteiger partial charge in [0, 0.05) is 0 Å². The SMILES string of the molecule is CC(C)C.CC(OC(=O)N1c2ccccc2S(=O)(=O)c2ccccc21)C(=O)NC(CC(=O)O)C(=O)CF. The van der Waals surface area contributed by atoms with Crippen LogP contribution in [0.3, 0.4) is 0 Å². The fraction of sp³-hybridized carbons (Fsp3) is 0.360. The molecule has 0 bridgehead atoms. The number of carbonyl (C=O) groups is 4. The minimum absolute atomic E-state index is 0.0187. The highest BCUT2D eigenvalue weighted by atomic mass is 32.2. The van der Waals surface area contributed by atoms with E-state index in [4.69, 9.17) is 9.84 Å². The molecule has 2 atom stereocenters. The summed E-state index contributed by atoms with van der Waals surface area (Å²) in [5.41, 5.74) is 0.0373. The fourth-order valence-corrected chi connectivity index (χ4v) is 4.86. The van der Waals surface area contributed by atoms with E-state index < -0.39 is 58.8 Å². The average Bonchev–Trinajstić information content (AvgIpc) is 2.82. The number of nitrogens with zero attached hydrogens (tertiary/aromatic N) is 1. The van der Waals surface area contributed by atoms with E-state index in [-0.39, 0.29) is 21.2 Å². The molecule has 0 saturated heterocycles. The summed E-state index contributed by atoms with van der Waals surface area (Å²) in [6.07, 6.45) is -3.45. The number of halogens is 1. The number of carboxylic acids is 1. The number of carbonyl (C=O) groups excluding carboxylic acids is 3. The molecule has 0 saturated carbocycles. The van der Waals surface area contributed by atoms with Crippen molar-refractivity contribution in [2.24, 2.45) is 5.92 Å². The van der Waals surface area contributed by atoms with Crippen molar-refractivity contribution in [1.29, 1.82) is 0 Å². The Morgan fingerprint density at radius 2 is 1.41 bits per heavy atom. The van der Waals surface area contributed by atoms with Crippen molar-refractivity contribution in [3.05, 3.63) is 48.5 Å². The van der Waals surface area contributed by atoms with Crippen LogP contribution in [0.5, 0.6) is 0 Å². The van der Waals surface area contributed by atoms with E-state index in [0.717, 1.165) is 10.8 Å². The van der Waals surface area contributed by atoms with Crippen LogP contribution < -0.4 is 10.2 Å². The number of para-hydroxylation sites is 2. The van der Waals surface area contributed by atoms with Gasteiger partial charge in [0.15, 0.2) is 11.9 Å². The van der Waals surface area contributed by atoms with Crippen molar-refractivity contribution in [2.75, 3.05) is 11.6 Å². The monoisotopic (exact) mass is 536 g/mol. The van der Waals surface area contributed by atoms with Crippen LogP contribution in [0.25, 0.3) is 0 Å². The van der Waals surface area contributed by atoms with E-state index in [0.29, 0.717) is 0 Å². The largest absolute Gasteiger partial charge is 0.481 e. The summed E-state index contributed by atoms with van der Waals surface area (Å²) in [7, 11) is -3.91. The lowest BCUT2D eigenvalue weighted by Gasteiger charge is -2.31. The van der Waals surface area contributed by atoms with Crippen molar-refractivity contribution < 1.29 is 41.8 Å². The van der Waals surface area contributed by atoms with Crippen molar-refractivity contribution in [1.82, 2.24) is 5.32 Å². The molecule has 3 rings (SSSR count). The van der Waals surface area contributed by atoms with Crippen LogP contribution in [0.2, 0.25) is 0 Å². The Labute approximate surface area is 214 Å². The molecule has 37 heavy (non-hydrogen) atoms. The van der Waals surface area contributed by atoms with Gasteiger partial charge in [-0.1, -0.05) is 45.0 Å². The molecule has 2 amide bonds. The quantitative estimate of drug-likeness (QED) is 0.545. The number of alkyl halides is 1. The number of ether oxygens (including phenoxy) is 1. The number of ketones is 1. The summed E-state index contributed by atoms with van der Waals surface area (Å²) in [5, 5.41) is 10.9. The number of fused-ring (bicyclic) bond motifs is 2. The van der Waals surface area contributed by atoms with Crippen LogP contribution in [0.4, 0.5) is 20.6 Å². The predicted molar refractivity (Wildman–Crippen MR) is 132 cm³/mol. The highest BCUT2D eigenvalue weighted by molar-refractivity contribution is 7.92. The molecule has 2 unspecified atom stereocenters. The van der Waals surface area contributed by atoms with Crippen molar-refractivity contribution in [2.45, 2.75) is 56.1 Å². The number of aliphatic carboxylic acids is 1. The minimum Gasteiger partial charge on any atom is -0.481 e. The summed E-state index contributed by atoms with van der Waals surface area (Å²) in [4.78, 5) is 48.6. The Morgan fingerprint density at radius 1 is 0.946 bits per heavy atom. The number of anilines is 2. The molecule has 2 N–H and O–H groups in total. The van der Waals surface area contributed by atoms with Crippen molar-refractivity contribution in [3.63, 3.8) is 0 Å². The number of amides is 2. The van der Waals surface area contributed by atoms with Crippen LogP contribution in [0.1, 0.15) is 34.1 Å². The number of carboxylic acid groups (broad SMARTS) is 1. The Kier molecular flexibility index (Phi) is 9.89. The third kappa shape index (κ3) is 7.13. The number of Topliss-reactive ketones (excluding diaryl/α,β-unsaturated/α-hetero) is 1. The van der Waals surface area contributed by atoms with Crippen LogP contribution in [-0.2, 0) is 29.0 Å². The molecule has 1 aliphatic heterocycles. The van der Waals surface area contributed by atoms with Gasteiger partial charge in [-0.15, -0.1) is 0 Å². The van der Waals surface area contributed by atoms with Crippen molar-refractivity contribution in [3.8, 4) is 0 Å². The Bertz CT molecular complexity index is 1220. The molecular weight excluding hydrogens is 507 g/mol. The Balaban J connectivity index is 0.00000112. The molecular formula is C25H29FN2O8S. The number of hydrogen-bond donors (Lipinski definition) is 2. The second-order valence-corrected chi connectivity index (χ2v) is 10.7. The smallest absolute Gasteiger partial charge is 0.419 e. The third-order valence-corrected chi connectivity index (χ3v) is 6.68. The highest BCUT2D eigenvalue weighted by Crippen LogP contribution is 2.44. The lowest BCUT2D eigenvalue weighted by atomic mass is 10.1. The first-order chi connectivity index (χ1) is 17.3. The summed E-state index contributed by atoms with van der Waals surface area (Å²) < 4.78 is 43.8. The topological polar surface area (TPSA) is 147 Å². The van der Waals surface area contributed by atoms with Gasteiger partial charge in [0.2, 0.25) is 9.84 Å². The van der Waals surface area contributed by atoms with Crippen LogP contribution in [0.15, 0.2) is 58.3 Å². The zero-order valence-corrected chi connectivity index (χ0v) is 21.6. The first-order valence-corrected chi connectivity index (χ1v) is 12.8. The molecule has 0 fully saturated rings. The van der Waals surface area contributed by atoms with Crippen molar-refractivity contribution >= 4 is 45.0 Å². The van der Waals surface area contributed by atoms with E-state index in [9.17, 15) is 32.0 Å². The maximum atomic E-state index is 13.0. The van der Waals surface area contributed by atoms with E-state index in [2.05, 4.69) is 26.1 Å². The van der Waals surface area contributed by atoms with Gasteiger partial charge in [0.05, 0.1) is 27.6 Å². The van der Waals surface area contributed by atoms with Gasteiger partial charge in [-0.05, 0) is 37.1 Å². The van der Waals surface area contributed by atoms with Crippen LogP contribution in [-0.4, -0.2) is 56.1 Å². The lowest BCUT2D eigenvalue weighted by molar-refractivity contribution is -0.141. The number of hydrogen-bond acceptors (Lipinski definition) is 7. The number of sulfone groups is 1. The fourth-order valence-electron chi connectivity index (χ4n) is 3.24. The molecule has 1 heterocycles. The maximum Gasteiger partial charge on any atom is 0.419 e. The number of rotatable bonds is 7. The zero-order chi connectivity index (χ0) is 27.9.